The molecule has 0 radical (unpaired) electrons. The minimum atomic E-state index is 0.105. The third-order valence-electron chi connectivity index (χ3n) is 5.43. The highest BCUT2D eigenvalue weighted by Crippen LogP contribution is 2.20. The number of nitrogens with one attached hydrogen (secondary N) is 1. The van der Waals surface area contributed by atoms with E-state index in [2.05, 4.69) is 37.9 Å². The zero-order valence-corrected chi connectivity index (χ0v) is 17.9. The second kappa shape index (κ2) is 10.5. The van der Waals surface area contributed by atoms with Crippen molar-refractivity contribution in [2.75, 3.05) is 19.6 Å². The van der Waals surface area contributed by atoms with Crippen molar-refractivity contribution < 1.29 is 9.21 Å². The lowest BCUT2D eigenvalue weighted by molar-refractivity contribution is -0.121. The molecule has 1 saturated heterocycles. The van der Waals surface area contributed by atoms with Crippen LogP contribution in [0.15, 0.2) is 52.3 Å². The quantitative estimate of drug-likeness (QED) is 0.559. The molecule has 0 bridgehead atoms. The van der Waals surface area contributed by atoms with Gasteiger partial charge in [-0.2, -0.15) is 0 Å². The van der Waals surface area contributed by atoms with E-state index in [-0.39, 0.29) is 5.91 Å². The van der Waals surface area contributed by atoms with E-state index in [9.17, 15) is 4.79 Å². The smallest absolute Gasteiger partial charge is 0.247 e. The van der Waals surface area contributed by atoms with Gasteiger partial charge in [-0.05, 0) is 55.3 Å². The van der Waals surface area contributed by atoms with Crippen LogP contribution in [0.5, 0.6) is 0 Å². The lowest BCUT2D eigenvalue weighted by atomic mass is 9.98. The number of amides is 1. The maximum absolute atomic E-state index is 12.3. The molecule has 1 aromatic carbocycles. The number of carbonyl (C=O) groups is 1. The van der Waals surface area contributed by atoms with E-state index in [1.807, 2.05) is 41.7 Å². The van der Waals surface area contributed by atoms with Crippen molar-refractivity contribution >= 4 is 17.2 Å². The Bertz CT molecular complexity index is 910. The zero-order chi connectivity index (χ0) is 20.6. The summed E-state index contributed by atoms with van der Waals surface area (Å²) < 4.78 is 5.70. The highest BCUT2D eigenvalue weighted by molar-refractivity contribution is 7.09. The monoisotopic (exact) mass is 424 g/mol. The first kappa shape index (κ1) is 20.8. The molecule has 3 heterocycles. The van der Waals surface area contributed by atoms with Gasteiger partial charge >= 0.3 is 0 Å². The number of likely N-dealkylation sites (tertiary alicyclic amines) is 1. The second-order valence-electron chi connectivity index (χ2n) is 7.85. The Morgan fingerprint density at radius 2 is 2.10 bits per heavy atom. The number of rotatable bonds is 9. The third kappa shape index (κ3) is 6.00. The van der Waals surface area contributed by atoms with E-state index < -0.39 is 0 Å². The van der Waals surface area contributed by atoms with Crippen LogP contribution in [0.2, 0.25) is 0 Å². The Hall–Kier alpha value is -2.51. The maximum Gasteiger partial charge on any atom is 0.247 e. The van der Waals surface area contributed by atoms with Crippen LogP contribution in [0.3, 0.4) is 0 Å². The highest BCUT2D eigenvalue weighted by atomic mass is 32.1. The van der Waals surface area contributed by atoms with Crippen LogP contribution in [-0.2, 0) is 17.8 Å². The molecular weight excluding hydrogens is 396 g/mol. The molecule has 3 aromatic rings. The van der Waals surface area contributed by atoms with Crippen molar-refractivity contribution in [3.05, 3.63) is 58.6 Å². The second-order valence-corrected chi connectivity index (χ2v) is 8.88. The van der Waals surface area contributed by atoms with Crippen LogP contribution in [0, 0.1) is 5.92 Å². The molecule has 1 atom stereocenters. The topological polar surface area (TPSA) is 71.3 Å². The lowest BCUT2D eigenvalue weighted by Crippen LogP contribution is -2.40. The number of aryl methyl sites for hydroxylation is 1. The molecular formula is C23H28N4O2S. The van der Waals surface area contributed by atoms with Crippen molar-refractivity contribution in [1.82, 2.24) is 20.4 Å². The van der Waals surface area contributed by atoms with Crippen LogP contribution in [0.4, 0.5) is 0 Å². The molecule has 158 valence electrons. The molecule has 6 nitrogen and oxygen atoms in total. The van der Waals surface area contributed by atoms with Crippen LogP contribution in [0.1, 0.15) is 36.5 Å². The standard InChI is InChI=1S/C23H28N4O2S/c28-21(11-4-12-22-25-26-23(29-22)19-8-2-1-3-9-19)24-15-18-7-5-13-27(16-18)17-20-10-6-14-30-20/h1-3,6,8-10,14,18H,4-5,7,11-13,15-17H2,(H,24,28). The van der Waals surface area contributed by atoms with Gasteiger partial charge in [-0.1, -0.05) is 24.3 Å². The molecule has 1 N–H and O–H groups in total. The highest BCUT2D eigenvalue weighted by Gasteiger charge is 2.20. The molecule has 0 spiro atoms. The molecule has 0 saturated carbocycles. The number of thiophene rings is 1. The van der Waals surface area contributed by atoms with Crippen molar-refractivity contribution in [3.8, 4) is 11.5 Å². The predicted octanol–water partition coefficient (Wildman–Crippen LogP) is 4.15. The first-order valence-corrected chi connectivity index (χ1v) is 11.5. The summed E-state index contributed by atoms with van der Waals surface area (Å²) in [6.07, 6.45) is 4.19. The van der Waals surface area contributed by atoms with Crippen molar-refractivity contribution in [2.24, 2.45) is 5.92 Å². The predicted molar refractivity (Wildman–Crippen MR) is 118 cm³/mol. The van der Waals surface area contributed by atoms with E-state index in [0.717, 1.165) is 31.7 Å². The van der Waals surface area contributed by atoms with Crippen molar-refractivity contribution in [2.45, 2.75) is 38.6 Å². The van der Waals surface area contributed by atoms with E-state index in [4.69, 9.17) is 4.42 Å². The molecule has 1 fully saturated rings. The number of piperidine rings is 1. The van der Waals surface area contributed by atoms with E-state index in [1.165, 1.54) is 17.7 Å². The van der Waals surface area contributed by atoms with Crippen molar-refractivity contribution in [1.29, 1.82) is 0 Å². The normalized spacial score (nSPS) is 17.1. The molecule has 2 aromatic heterocycles. The van der Waals surface area contributed by atoms with Crippen molar-refractivity contribution in [3.63, 3.8) is 0 Å². The molecule has 7 heteroatoms. The molecule has 1 aliphatic rings. The van der Waals surface area contributed by atoms with Gasteiger partial charge in [0.2, 0.25) is 17.7 Å². The van der Waals surface area contributed by atoms with Gasteiger partial charge in [0, 0.05) is 42.9 Å². The number of hydrogen-bond acceptors (Lipinski definition) is 6. The van der Waals surface area contributed by atoms with Crippen LogP contribution >= 0.6 is 11.3 Å². The number of aromatic nitrogens is 2. The number of carbonyl (C=O) groups excluding carboxylic acids is 1. The van der Waals surface area contributed by atoms with Gasteiger partial charge in [0.25, 0.3) is 0 Å². The summed E-state index contributed by atoms with van der Waals surface area (Å²) in [5.41, 5.74) is 0.912. The molecule has 1 aliphatic heterocycles. The number of benzene rings is 1. The Labute approximate surface area is 181 Å². The maximum atomic E-state index is 12.3. The summed E-state index contributed by atoms with van der Waals surface area (Å²) in [6, 6.07) is 14.0. The van der Waals surface area contributed by atoms with Gasteiger partial charge < -0.3 is 9.73 Å². The Morgan fingerprint density at radius 3 is 2.93 bits per heavy atom. The van der Waals surface area contributed by atoms with Gasteiger partial charge in [-0.3, -0.25) is 9.69 Å². The lowest BCUT2D eigenvalue weighted by Gasteiger charge is -2.32. The van der Waals surface area contributed by atoms with Gasteiger partial charge in [-0.15, -0.1) is 21.5 Å². The minimum absolute atomic E-state index is 0.105. The molecule has 30 heavy (non-hydrogen) atoms. The summed E-state index contributed by atoms with van der Waals surface area (Å²) in [5, 5.41) is 13.4. The number of hydrogen-bond donors (Lipinski definition) is 1. The first-order chi connectivity index (χ1) is 14.8. The van der Waals surface area contributed by atoms with Gasteiger partial charge in [0.1, 0.15) is 0 Å². The fourth-order valence-electron chi connectivity index (χ4n) is 3.88. The average molecular weight is 425 g/mol. The van der Waals surface area contributed by atoms with E-state index in [1.54, 1.807) is 0 Å². The van der Waals surface area contributed by atoms with E-state index >= 15 is 0 Å². The number of nitrogens with zero attached hydrogens (tertiary/aromatic N) is 3. The SMILES string of the molecule is O=C(CCCc1nnc(-c2ccccc2)o1)NCC1CCCN(Cc2cccs2)C1. The van der Waals surface area contributed by atoms with Gasteiger partial charge in [0.05, 0.1) is 0 Å². The molecule has 4 rings (SSSR count). The summed E-state index contributed by atoms with van der Waals surface area (Å²) in [4.78, 5) is 16.2. The van der Waals surface area contributed by atoms with Crippen LogP contribution in [0.25, 0.3) is 11.5 Å². The largest absolute Gasteiger partial charge is 0.421 e. The summed E-state index contributed by atoms with van der Waals surface area (Å²) >= 11 is 1.81. The van der Waals surface area contributed by atoms with Crippen LogP contribution in [-0.4, -0.2) is 40.6 Å². The average Bonchev–Trinajstić information content (AvgIpc) is 3.46. The third-order valence-corrected chi connectivity index (χ3v) is 6.29. The summed E-state index contributed by atoms with van der Waals surface area (Å²) in [6.45, 7) is 4.00. The molecule has 1 amide bonds. The minimum Gasteiger partial charge on any atom is -0.421 e. The fourth-order valence-corrected chi connectivity index (χ4v) is 4.63. The Morgan fingerprint density at radius 1 is 1.20 bits per heavy atom. The Balaban J connectivity index is 1.14. The zero-order valence-electron chi connectivity index (χ0n) is 17.1. The van der Waals surface area contributed by atoms with Gasteiger partial charge in [0.15, 0.2) is 0 Å². The van der Waals surface area contributed by atoms with E-state index in [0.29, 0.717) is 37.0 Å². The summed E-state index contributed by atoms with van der Waals surface area (Å²) in [7, 11) is 0. The summed E-state index contributed by atoms with van der Waals surface area (Å²) in [5.74, 6) is 1.75. The molecule has 1 unspecified atom stereocenters. The van der Waals surface area contributed by atoms with Crippen LogP contribution < -0.4 is 5.32 Å². The fraction of sp³-hybridized carbons (Fsp3) is 0.435. The first-order valence-electron chi connectivity index (χ1n) is 10.7. The molecule has 0 aliphatic carbocycles. The Kier molecular flexibility index (Phi) is 7.26. The van der Waals surface area contributed by atoms with Gasteiger partial charge in [-0.25, -0.2) is 0 Å².